The van der Waals surface area contributed by atoms with Crippen LogP contribution in [-0.4, -0.2) is 23.2 Å². The van der Waals surface area contributed by atoms with E-state index >= 15 is 0 Å². The van der Waals surface area contributed by atoms with Gasteiger partial charge in [-0.1, -0.05) is 35.7 Å². The predicted molar refractivity (Wildman–Crippen MR) is 83.8 cm³/mol. The van der Waals surface area contributed by atoms with Crippen molar-refractivity contribution in [2.45, 2.75) is 45.1 Å². The van der Waals surface area contributed by atoms with E-state index < -0.39 is 5.60 Å². The molecule has 1 aromatic carbocycles. The lowest BCUT2D eigenvalue weighted by Crippen LogP contribution is -2.45. The number of hydrogen-bond donors (Lipinski definition) is 2. The Morgan fingerprint density at radius 3 is 2.90 bits per heavy atom. The van der Waals surface area contributed by atoms with Crippen molar-refractivity contribution in [3.8, 4) is 0 Å². The van der Waals surface area contributed by atoms with Crippen LogP contribution in [0.4, 0.5) is 0 Å². The van der Waals surface area contributed by atoms with Crippen molar-refractivity contribution in [1.82, 2.24) is 5.32 Å². The van der Waals surface area contributed by atoms with E-state index in [4.69, 9.17) is 0 Å². The lowest BCUT2D eigenvalue weighted by molar-refractivity contribution is -0.0109. The van der Waals surface area contributed by atoms with Gasteiger partial charge in [0.25, 0.3) is 5.91 Å². The summed E-state index contributed by atoms with van der Waals surface area (Å²) in [7, 11) is 0. The highest BCUT2D eigenvalue weighted by Gasteiger charge is 2.32. The summed E-state index contributed by atoms with van der Waals surface area (Å²) in [4.78, 5) is 12.2. The van der Waals surface area contributed by atoms with E-state index in [1.807, 2.05) is 19.1 Å². The van der Waals surface area contributed by atoms with Crippen molar-refractivity contribution in [3.63, 3.8) is 0 Å². The van der Waals surface area contributed by atoms with Gasteiger partial charge in [-0.3, -0.25) is 4.79 Å². The first-order valence-corrected chi connectivity index (χ1v) is 7.95. The molecule has 0 aromatic heterocycles. The quantitative estimate of drug-likeness (QED) is 0.886. The Bertz CT molecular complexity index is 483. The normalized spacial score (nSPS) is 26.3. The summed E-state index contributed by atoms with van der Waals surface area (Å²) < 4.78 is 0.896. The third kappa shape index (κ3) is 4.06. The third-order valence-corrected chi connectivity index (χ3v) is 4.41. The van der Waals surface area contributed by atoms with Crippen molar-refractivity contribution in [2.75, 3.05) is 6.54 Å². The molecule has 0 radical (unpaired) electrons. The zero-order valence-electron chi connectivity index (χ0n) is 12.1. The first kappa shape index (κ1) is 15.5. The molecule has 1 aliphatic carbocycles. The van der Waals surface area contributed by atoms with E-state index in [9.17, 15) is 9.90 Å². The highest BCUT2D eigenvalue weighted by Crippen LogP contribution is 2.31. The minimum absolute atomic E-state index is 0.124. The molecule has 1 fully saturated rings. The molecule has 2 unspecified atom stereocenters. The Hall–Kier alpha value is -0.870. The maximum Gasteiger partial charge on any atom is 0.251 e. The van der Waals surface area contributed by atoms with E-state index in [1.54, 1.807) is 6.07 Å². The van der Waals surface area contributed by atoms with Gasteiger partial charge >= 0.3 is 0 Å². The van der Waals surface area contributed by atoms with E-state index in [0.29, 0.717) is 18.0 Å². The summed E-state index contributed by atoms with van der Waals surface area (Å²) >= 11 is 3.40. The Labute approximate surface area is 128 Å². The summed E-state index contributed by atoms with van der Waals surface area (Å²) in [5, 5.41) is 13.4. The molecule has 110 valence electrons. The maximum atomic E-state index is 12.2. The van der Waals surface area contributed by atoms with Gasteiger partial charge in [0.2, 0.25) is 0 Å². The lowest BCUT2D eigenvalue weighted by Gasteiger charge is -2.35. The average molecular weight is 340 g/mol. The second kappa shape index (κ2) is 6.27. The van der Waals surface area contributed by atoms with Gasteiger partial charge in [0, 0.05) is 16.6 Å². The molecule has 0 aliphatic heterocycles. The van der Waals surface area contributed by atoms with Crippen molar-refractivity contribution < 1.29 is 9.90 Å². The molecule has 0 bridgehead atoms. The van der Waals surface area contributed by atoms with Gasteiger partial charge in [-0.05, 0) is 49.4 Å². The van der Waals surface area contributed by atoms with Gasteiger partial charge in [0.05, 0.1) is 5.60 Å². The Morgan fingerprint density at radius 2 is 2.25 bits per heavy atom. The number of hydrogen-bond acceptors (Lipinski definition) is 2. The molecule has 3 nitrogen and oxygen atoms in total. The zero-order valence-corrected chi connectivity index (χ0v) is 13.7. The molecule has 2 N–H and O–H groups in total. The van der Waals surface area contributed by atoms with Crippen LogP contribution in [0.15, 0.2) is 22.7 Å². The topological polar surface area (TPSA) is 49.3 Å². The minimum Gasteiger partial charge on any atom is -0.388 e. The number of rotatable bonds is 3. The van der Waals surface area contributed by atoms with Crippen LogP contribution < -0.4 is 5.32 Å². The first-order valence-electron chi connectivity index (χ1n) is 7.16. The molecule has 20 heavy (non-hydrogen) atoms. The fourth-order valence-corrected chi connectivity index (χ4v) is 3.61. The molecular weight excluding hydrogens is 318 g/mol. The fourth-order valence-electron chi connectivity index (χ4n) is 3.01. The van der Waals surface area contributed by atoms with Gasteiger partial charge in [0.15, 0.2) is 0 Å². The average Bonchev–Trinajstić information content (AvgIpc) is 2.34. The highest BCUT2D eigenvalue weighted by molar-refractivity contribution is 9.10. The second-order valence-corrected chi connectivity index (χ2v) is 7.04. The Balaban J connectivity index is 1.98. The molecule has 0 spiro atoms. The number of carbonyl (C=O) groups excluding carboxylic acids is 1. The van der Waals surface area contributed by atoms with Crippen LogP contribution in [0.2, 0.25) is 0 Å². The predicted octanol–water partition coefficient (Wildman–Crippen LogP) is 3.43. The van der Waals surface area contributed by atoms with Crippen LogP contribution >= 0.6 is 15.9 Å². The molecule has 0 saturated heterocycles. The molecule has 1 saturated carbocycles. The maximum absolute atomic E-state index is 12.2. The number of halogens is 1. The smallest absolute Gasteiger partial charge is 0.251 e. The van der Waals surface area contributed by atoms with Gasteiger partial charge in [0.1, 0.15) is 0 Å². The molecule has 0 heterocycles. The molecule has 1 aliphatic rings. The van der Waals surface area contributed by atoms with Gasteiger partial charge < -0.3 is 10.4 Å². The molecule has 2 rings (SSSR count). The van der Waals surface area contributed by atoms with E-state index in [-0.39, 0.29) is 5.91 Å². The molecule has 2 atom stereocenters. The third-order valence-electron chi connectivity index (χ3n) is 3.95. The van der Waals surface area contributed by atoms with E-state index in [1.165, 1.54) is 6.42 Å². The van der Waals surface area contributed by atoms with Crippen molar-refractivity contribution in [2.24, 2.45) is 5.92 Å². The van der Waals surface area contributed by atoms with Crippen molar-refractivity contribution in [1.29, 1.82) is 0 Å². The lowest BCUT2D eigenvalue weighted by atomic mass is 9.79. The SMILES string of the molecule is Cc1cc(Br)cc(C(=O)NCC2(O)CCCC(C)C2)c1. The van der Waals surface area contributed by atoms with Gasteiger partial charge in [-0.25, -0.2) is 0 Å². The number of amides is 1. The molecule has 1 aromatic rings. The standard InChI is InChI=1S/C16H22BrNO2/c1-11-4-3-5-16(20,9-11)10-18-15(19)13-6-12(2)7-14(17)8-13/h6-8,11,20H,3-5,9-10H2,1-2H3,(H,18,19). The van der Waals surface area contributed by atoms with Crippen LogP contribution in [0.5, 0.6) is 0 Å². The van der Waals surface area contributed by atoms with Crippen molar-refractivity contribution in [3.05, 3.63) is 33.8 Å². The van der Waals surface area contributed by atoms with Gasteiger partial charge in [-0.15, -0.1) is 0 Å². The zero-order chi connectivity index (χ0) is 14.8. The fraction of sp³-hybridized carbons (Fsp3) is 0.562. The van der Waals surface area contributed by atoms with Crippen molar-refractivity contribution >= 4 is 21.8 Å². The summed E-state index contributed by atoms with van der Waals surface area (Å²) in [5.74, 6) is 0.403. The van der Waals surface area contributed by atoms with Crippen LogP contribution in [0.3, 0.4) is 0 Å². The molecule has 1 amide bonds. The summed E-state index contributed by atoms with van der Waals surface area (Å²) in [6, 6.07) is 5.62. The Kier molecular flexibility index (Phi) is 4.86. The van der Waals surface area contributed by atoms with Crippen LogP contribution in [-0.2, 0) is 0 Å². The summed E-state index contributed by atoms with van der Waals surface area (Å²) in [5.41, 5.74) is 0.924. The summed E-state index contributed by atoms with van der Waals surface area (Å²) in [6.45, 7) is 4.45. The van der Waals surface area contributed by atoms with E-state index in [2.05, 4.69) is 28.2 Å². The van der Waals surface area contributed by atoms with Crippen LogP contribution in [0, 0.1) is 12.8 Å². The number of carbonyl (C=O) groups is 1. The first-order chi connectivity index (χ1) is 9.38. The number of aryl methyl sites for hydroxylation is 1. The van der Waals surface area contributed by atoms with Gasteiger partial charge in [-0.2, -0.15) is 0 Å². The number of aliphatic hydroxyl groups is 1. The number of nitrogens with one attached hydrogen (secondary N) is 1. The Morgan fingerprint density at radius 1 is 1.50 bits per heavy atom. The summed E-state index contributed by atoms with van der Waals surface area (Å²) in [6.07, 6.45) is 3.74. The van der Waals surface area contributed by atoms with Crippen LogP contribution in [0.25, 0.3) is 0 Å². The minimum atomic E-state index is -0.742. The molecular formula is C16H22BrNO2. The highest BCUT2D eigenvalue weighted by atomic mass is 79.9. The largest absolute Gasteiger partial charge is 0.388 e. The monoisotopic (exact) mass is 339 g/mol. The van der Waals surface area contributed by atoms with Crippen LogP contribution in [0.1, 0.15) is 48.5 Å². The molecule has 4 heteroatoms. The van der Waals surface area contributed by atoms with E-state index in [0.717, 1.165) is 29.3 Å². The second-order valence-electron chi connectivity index (χ2n) is 6.13. The number of benzene rings is 1.